The number of hydrogen-bond acceptors (Lipinski definition) is 5. The minimum absolute atomic E-state index is 0.228. The Bertz CT molecular complexity index is 426. The largest absolute Gasteiger partial charge is 0.469 e. The van der Waals surface area contributed by atoms with Gasteiger partial charge in [0, 0.05) is 10.6 Å². The summed E-state index contributed by atoms with van der Waals surface area (Å²) >= 11 is 1.51. The van der Waals surface area contributed by atoms with E-state index in [0.29, 0.717) is 23.4 Å². The Hall–Kier alpha value is -1.67. The van der Waals surface area contributed by atoms with Crippen LogP contribution >= 0.6 is 11.8 Å². The smallest absolute Gasteiger partial charge is 0.306 e. The molecule has 1 rings (SSSR count). The molecule has 0 heterocycles. The molecule has 0 spiro atoms. The Morgan fingerprint density at radius 1 is 1.62 bits per heavy atom. The second-order valence-corrected chi connectivity index (χ2v) is 4.20. The van der Waals surface area contributed by atoms with Crippen LogP contribution in [0.3, 0.4) is 0 Å². The third-order valence-corrected chi connectivity index (χ3v) is 2.94. The lowest BCUT2D eigenvalue weighted by molar-refractivity contribution is -0.140. The first-order chi connectivity index (χ1) is 7.67. The number of carbonyl (C=O) groups excluding carboxylic acids is 1. The first-order valence-electron chi connectivity index (χ1n) is 4.66. The number of thioether (sulfide) groups is 1. The fourth-order valence-corrected chi connectivity index (χ4v) is 1.97. The number of nitrogen functional groups attached to an aromatic ring is 1. The predicted octanol–water partition coefficient (Wildman–Crippen LogP) is 1.80. The maximum atomic E-state index is 10.9. The minimum atomic E-state index is -0.228. The number of carbonyl (C=O) groups is 1. The van der Waals surface area contributed by atoms with E-state index >= 15 is 0 Å². The maximum Gasteiger partial charge on any atom is 0.306 e. The molecule has 2 N–H and O–H groups in total. The average molecular weight is 236 g/mol. The van der Waals surface area contributed by atoms with E-state index < -0.39 is 0 Å². The highest BCUT2D eigenvalue weighted by atomic mass is 32.2. The van der Waals surface area contributed by atoms with Crippen molar-refractivity contribution in [2.24, 2.45) is 0 Å². The van der Waals surface area contributed by atoms with Crippen molar-refractivity contribution in [2.75, 3.05) is 18.6 Å². The van der Waals surface area contributed by atoms with Gasteiger partial charge < -0.3 is 10.5 Å². The van der Waals surface area contributed by atoms with Crippen LogP contribution in [0.2, 0.25) is 0 Å². The van der Waals surface area contributed by atoms with Crippen molar-refractivity contribution in [1.29, 1.82) is 5.26 Å². The minimum Gasteiger partial charge on any atom is -0.469 e. The molecule has 4 nitrogen and oxygen atoms in total. The molecule has 0 saturated carbocycles. The molecule has 0 aliphatic carbocycles. The van der Waals surface area contributed by atoms with Crippen LogP contribution in [-0.2, 0) is 9.53 Å². The molecule has 84 valence electrons. The van der Waals surface area contributed by atoms with Crippen LogP contribution < -0.4 is 5.73 Å². The second kappa shape index (κ2) is 6.03. The Morgan fingerprint density at radius 3 is 2.94 bits per heavy atom. The SMILES string of the molecule is COC(=O)CCSc1ccc(C#N)c(N)c1. The summed E-state index contributed by atoms with van der Waals surface area (Å²) in [5, 5.41) is 8.69. The number of nitriles is 1. The van der Waals surface area contributed by atoms with Crippen LogP contribution in [0.15, 0.2) is 23.1 Å². The molecular formula is C11H12N2O2S. The van der Waals surface area contributed by atoms with Crippen molar-refractivity contribution in [3.05, 3.63) is 23.8 Å². The van der Waals surface area contributed by atoms with E-state index in [1.54, 1.807) is 12.1 Å². The lowest BCUT2D eigenvalue weighted by Crippen LogP contribution is -2.01. The van der Waals surface area contributed by atoms with Crippen molar-refractivity contribution >= 4 is 23.4 Å². The third kappa shape index (κ3) is 3.48. The van der Waals surface area contributed by atoms with E-state index in [-0.39, 0.29) is 5.97 Å². The molecular weight excluding hydrogens is 224 g/mol. The number of anilines is 1. The summed E-state index contributed by atoms with van der Waals surface area (Å²) in [4.78, 5) is 11.8. The van der Waals surface area contributed by atoms with E-state index in [9.17, 15) is 4.79 Å². The maximum absolute atomic E-state index is 10.9. The molecule has 0 aliphatic heterocycles. The molecule has 0 aliphatic rings. The Labute approximate surface area is 98.4 Å². The molecule has 0 amide bonds. The normalized spacial score (nSPS) is 9.50. The number of esters is 1. The van der Waals surface area contributed by atoms with Gasteiger partial charge >= 0.3 is 5.97 Å². The van der Waals surface area contributed by atoms with E-state index in [4.69, 9.17) is 11.0 Å². The zero-order chi connectivity index (χ0) is 12.0. The fraction of sp³-hybridized carbons (Fsp3) is 0.273. The van der Waals surface area contributed by atoms with E-state index in [1.165, 1.54) is 18.9 Å². The van der Waals surface area contributed by atoms with Gasteiger partial charge in [0.15, 0.2) is 0 Å². The molecule has 16 heavy (non-hydrogen) atoms. The Morgan fingerprint density at radius 2 is 2.38 bits per heavy atom. The summed E-state index contributed by atoms with van der Waals surface area (Å²) in [5.41, 5.74) is 6.60. The molecule has 0 fully saturated rings. The van der Waals surface area contributed by atoms with Gasteiger partial charge in [0.05, 0.1) is 24.8 Å². The summed E-state index contributed by atoms with van der Waals surface area (Å²) in [5.74, 6) is 0.409. The van der Waals surface area contributed by atoms with Gasteiger partial charge in [-0.1, -0.05) is 0 Å². The number of methoxy groups -OCH3 is 1. The topological polar surface area (TPSA) is 76.1 Å². The van der Waals surface area contributed by atoms with E-state index in [2.05, 4.69) is 4.74 Å². The van der Waals surface area contributed by atoms with Crippen molar-refractivity contribution in [3.63, 3.8) is 0 Å². The van der Waals surface area contributed by atoms with Crippen LogP contribution in [0.25, 0.3) is 0 Å². The number of benzene rings is 1. The molecule has 0 aromatic heterocycles. The van der Waals surface area contributed by atoms with Gasteiger partial charge in [-0.25, -0.2) is 0 Å². The highest BCUT2D eigenvalue weighted by Crippen LogP contribution is 2.23. The van der Waals surface area contributed by atoms with Gasteiger partial charge in [-0.05, 0) is 18.2 Å². The van der Waals surface area contributed by atoms with Gasteiger partial charge in [-0.15, -0.1) is 11.8 Å². The van der Waals surface area contributed by atoms with Gasteiger partial charge in [0.2, 0.25) is 0 Å². The molecule has 0 bridgehead atoms. The summed E-state index contributed by atoms with van der Waals surface area (Å²) in [6, 6.07) is 7.23. The first-order valence-corrected chi connectivity index (χ1v) is 5.65. The van der Waals surface area contributed by atoms with Crippen LogP contribution in [0.4, 0.5) is 5.69 Å². The number of rotatable bonds is 4. The number of nitrogens with two attached hydrogens (primary N) is 1. The second-order valence-electron chi connectivity index (χ2n) is 3.04. The van der Waals surface area contributed by atoms with E-state index in [0.717, 1.165) is 4.90 Å². The molecule has 0 unspecified atom stereocenters. The van der Waals surface area contributed by atoms with Crippen molar-refractivity contribution < 1.29 is 9.53 Å². The molecule has 1 aromatic rings. The number of ether oxygens (including phenoxy) is 1. The van der Waals surface area contributed by atoms with Crippen LogP contribution in [-0.4, -0.2) is 18.8 Å². The quantitative estimate of drug-likeness (QED) is 0.490. The Kier molecular flexibility index (Phi) is 4.67. The first kappa shape index (κ1) is 12.4. The Balaban J connectivity index is 2.53. The number of hydrogen-bond donors (Lipinski definition) is 1. The molecule has 0 saturated heterocycles. The highest BCUT2D eigenvalue weighted by molar-refractivity contribution is 7.99. The van der Waals surface area contributed by atoms with Crippen molar-refractivity contribution in [1.82, 2.24) is 0 Å². The van der Waals surface area contributed by atoms with Gasteiger partial charge in [0.25, 0.3) is 0 Å². The molecule has 1 aromatic carbocycles. The van der Waals surface area contributed by atoms with Crippen molar-refractivity contribution in [3.8, 4) is 6.07 Å². The highest BCUT2D eigenvalue weighted by Gasteiger charge is 2.03. The van der Waals surface area contributed by atoms with Crippen LogP contribution in [0, 0.1) is 11.3 Å². The van der Waals surface area contributed by atoms with Gasteiger partial charge in [0.1, 0.15) is 6.07 Å². The zero-order valence-corrected chi connectivity index (χ0v) is 9.71. The monoisotopic (exact) mass is 236 g/mol. The van der Waals surface area contributed by atoms with Gasteiger partial charge in [-0.3, -0.25) is 4.79 Å². The lowest BCUT2D eigenvalue weighted by atomic mass is 10.2. The molecule has 5 heteroatoms. The predicted molar refractivity (Wildman–Crippen MR) is 62.9 cm³/mol. The zero-order valence-electron chi connectivity index (χ0n) is 8.90. The van der Waals surface area contributed by atoms with Crippen LogP contribution in [0.5, 0.6) is 0 Å². The van der Waals surface area contributed by atoms with Crippen LogP contribution in [0.1, 0.15) is 12.0 Å². The van der Waals surface area contributed by atoms with Crippen molar-refractivity contribution in [2.45, 2.75) is 11.3 Å². The number of nitrogens with zero attached hydrogens (tertiary/aromatic N) is 1. The average Bonchev–Trinajstić information content (AvgIpc) is 2.29. The molecule has 0 atom stereocenters. The summed E-state index contributed by atoms with van der Waals surface area (Å²) in [6.07, 6.45) is 0.362. The summed E-state index contributed by atoms with van der Waals surface area (Å²) in [6.45, 7) is 0. The standard InChI is InChI=1S/C11H12N2O2S/c1-15-11(14)4-5-16-9-3-2-8(7-12)10(13)6-9/h2-3,6H,4-5,13H2,1H3. The lowest BCUT2D eigenvalue weighted by Gasteiger charge is -2.03. The molecule has 0 radical (unpaired) electrons. The summed E-state index contributed by atoms with van der Waals surface area (Å²) < 4.78 is 4.53. The summed E-state index contributed by atoms with van der Waals surface area (Å²) in [7, 11) is 1.37. The van der Waals surface area contributed by atoms with E-state index in [1.807, 2.05) is 12.1 Å². The van der Waals surface area contributed by atoms with Gasteiger partial charge in [-0.2, -0.15) is 5.26 Å². The fourth-order valence-electron chi connectivity index (χ4n) is 1.09. The third-order valence-electron chi connectivity index (χ3n) is 1.95.